The van der Waals surface area contributed by atoms with E-state index in [0.29, 0.717) is 11.6 Å². The maximum Gasteiger partial charge on any atom is 0.257 e. The van der Waals surface area contributed by atoms with Crippen molar-refractivity contribution in [2.75, 3.05) is 13.1 Å². The first-order valence-corrected chi connectivity index (χ1v) is 8.04. The van der Waals surface area contributed by atoms with E-state index in [-0.39, 0.29) is 12.0 Å². The van der Waals surface area contributed by atoms with Crippen LogP contribution in [0.25, 0.3) is 0 Å². The van der Waals surface area contributed by atoms with Crippen LogP contribution in [0.15, 0.2) is 24.3 Å². The summed E-state index contributed by atoms with van der Waals surface area (Å²) in [5.74, 6) is 0.838. The van der Waals surface area contributed by atoms with Crippen LogP contribution in [0.5, 0.6) is 5.75 Å². The van der Waals surface area contributed by atoms with Gasteiger partial charge in [-0.25, -0.2) is 0 Å². The van der Waals surface area contributed by atoms with Crippen LogP contribution in [0.2, 0.25) is 0 Å². The SMILES string of the molecule is NC1CCC(Oc2ccccc2C(=O)N2CCCC2)CC1. The second-order valence-electron chi connectivity index (χ2n) is 6.15. The number of likely N-dealkylation sites (tertiary alicyclic amines) is 1. The lowest BCUT2D eigenvalue weighted by Crippen LogP contribution is -2.32. The number of nitrogens with two attached hydrogens (primary N) is 1. The number of nitrogens with zero attached hydrogens (tertiary/aromatic N) is 1. The van der Waals surface area contributed by atoms with Crippen molar-refractivity contribution in [2.24, 2.45) is 5.73 Å². The zero-order valence-corrected chi connectivity index (χ0v) is 12.5. The Bertz CT molecular complexity index is 489. The molecule has 21 heavy (non-hydrogen) atoms. The highest BCUT2D eigenvalue weighted by atomic mass is 16.5. The number of hydrogen-bond donors (Lipinski definition) is 1. The summed E-state index contributed by atoms with van der Waals surface area (Å²) in [6.45, 7) is 1.73. The van der Waals surface area contributed by atoms with Crippen molar-refractivity contribution in [1.29, 1.82) is 0 Å². The molecule has 1 aliphatic carbocycles. The highest BCUT2D eigenvalue weighted by molar-refractivity contribution is 5.97. The van der Waals surface area contributed by atoms with Gasteiger partial charge < -0.3 is 15.4 Å². The van der Waals surface area contributed by atoms with Crippen LogP contribution < -0.4 is 10.5 Å². The first-order chi connectivity index (χ1) is 10.2. The highest BCUT2D eigenvalue weighted by Crippen LogP contribution is 2.27. The van der Waals surface area contributed by atoms with Crippen molar-refractivity contribution in [3.05, 3.63) is 29.8 Å². The van der Waals surface area contributed by atoms with E-state index in [9.17, 15) is 4.79 Å². The molecule has 1 aromatic carbocycles. The first kappa shape index (κ1) is 14.4. The fourth-order valence-electron chi connectivity index (χ4n) is 3.22. The molecule has 4 nitrogen and oxygen atoms in total. The maximum absolute atomic E-state index is 12.6. The molecular weight excluding hydrogens is 264 g/mol. The number of rotatable bonds is 3. The molecule has 0 spiro atoms. The van der Waals surface area contributed by atoms with Crippen molar-refractivity contribution in [1.82, 2.24) is 4.90 Å². The van der Waals surface area contributed by atoms with Gasteiger partial charge in [0.15, 0.2) is 0 Å². The van der Waals surface area contributed by atoms with E-state index >= 15 is 0 Å². The van der Waals surface area contributed by atoms with Gasteiger partial charge in [-0.2, -0.15) is 0 Å². The molecule has 1 saturated carbocycles. The number of amides is 1. The topological polar surface area (TPSA) is 55.6 Å². The molecule has 2 fully saturated rings. The zero-order valence-electron chi connectivity index (χ0n) is 12.5. The molecule has 0 bridgehead atoms. The lowest BCUT2D eigenvalue weighted by atomic mass is 9.93. The molecule has 1 amide bonds. The van der Waals surface area contributed by atoms with Crippen molar-refractivity contribution >= 4 is 5.91 Å². The molecule has 0 aromatic heterocycles. The number of carbonyl (C=O) groups excluding carboxylic acids is 1. The third-order valence-corrected chi connectivity index (χ3v) is 4.52. The van der Waals surface area contributed by atoms with Crippen molar-refractivity contribution in [2.45, 2.75) is 50.7 Å². The minimum Gasteiger partial charge on any atom is -0.490 e. The van der Waals surface area contributed by atoms with Gasteiger partial charge in [-0.05, 0) is 50.7 Å². The standard InChI is InChI=1S/C17H24N2O2/c18-13-7-9-14(10-8-13)21-16-6-2-1-5-15(16)17(20)19-11-3-4-12-19/h1-2,5-6,13-14H,3-4,7-12,18H2. The molecule has 0 atom stereocenters. The van der Waals surface area contributed by atoms with Crippen LogP contribution in [0, 0.1) is 0 Å². The van der Waals surface area contributed by atoms with Crippen LogP contribution in [0.4, 0.5) is 0 Å². The Balaban J connectivity index is 1.71. The Labute approximate surface area is 126 Å². The molecule has 1 aromatic rings. The van der Waals surface area contributed by atoms with Gasteiger partial charge >= 0.3 is 0 Å². The third-order valence-electron chi connectivity index (χ3n) is 4.52. The third kappa shape index (κ3) is 3.38. The lowest BCUT2D eigenvalue weighted by Gasteiger charge is -2.28. The van der Waals surface area contributed by atoms with Crippen molar-refractivity contribution < 1.29 is 9.53 Å². The average molecular weight is 288 g/mol. The minimum atomic E-state index is 0.107. The smallest absolute Gasteiger partial charge is 0.257 e. The average Bonchev–Trinajstić information content (AvgIpc) is 3.04. The largest absolute Gasteiger partial charge is 0.490 e. The summed E-state index contributed by atoms with van der Waals surface area (Å²) in [6.07, 6.45) is 6.38. The van der Waals surface area contributed by atoms with E-state index in [1.807, 2.05) is 29.2 Å². The normalized spacial score (nSPS) is 25.9. The highest BCUT2D eigenvalue weighted by Gasteiger charge is 2.25. The zero-order chi connectivity index (χ0) is 14.7. The molecule has 4 heteroatoms. The second kappa shape index (κ2) is 6.48. The van der Waals surface area contributed by atoms with Crippen LogP contribution >= 0.6 is 0 Å². The summed E-state index contributed by atoms with van der Waals surface area (Å²) in [5, 5.41) is 0. The molecule has 1 saturated heterocycles. The fourth-order valence-corrected chi connectivity index (χ4v) is 3.22. The minimum absolute atomic E-state index is 0.107. The number of carbonyl (C=O) groups is 1. The monoisotopic (exact) mass is 288 g/mol. The Morgan fingerprint density at radius 3 is 2.48 bits per heavy atom. The van der Waals surface area contributed by atoms with Gasteiger partial charge in [-0.3, -0.25) is 4.79 Å². The maximum atomic E-state index is 12.6. The van der Waals surface area contributed by atoms with Gasteiger partial charge in [0, 0.05) is 19.1 Å². The van der Waals surface area contributed by atoms with E-state index in [2.05, 4.69) is 0 Å². The Morgan fingerprint density at radius 1 is 1.10 bits per heavy atom. The summed E-state index contributed by atoms with van der Waals surface area (Å²) in [6, 6.07) is 7.95. The quantitative estimate of drug-likeness (QED) is 0.930. The fraction of sp³-hybridized carbons (Fsp3) is 0.588. The van der Waals surface area contributed by atoms with Gasteiger partial charge in [0.05, 0.1) is 11.7 Å². The van der Waals surface area contributed by atoms with E-state index < -0.39 is 0 Å². The predicted octanol–water partition coefficient (Wildman–Crippen LogP) is 2.57. The number of ether oxygens (including phenoxy) is 1. The van der Waals surface area contributed by atoms with Crippen LogP contribution in [0.3, 0.4) is 0 Å². The Hall–Kier alpha value is -1.55. The van der Waals surface area contributed by atoms with E-state index in [1.165, 1.54) is 0 Å². The summed E-state index contributed by atoms with van der Waals surface area (Å²) in [7, 11) is 0. The first-order valence-electron chi connectivity index (χ1n) is 8.04. The molecule has 1 aliphatic heterocycles. The van der Waals surface area contributed by atoms with Gasteiger partial charge in [0.25, 0.3) is 5.91 Å². The molecule has 1 heterocycles. The summed E-state index contributed by atoms with van der Waals surface area (Å²) < 4.78 is 6.11. The number of benzene rings is 1. The molecule has 0 radical (unpaired) electrons. The summed E-state index contributed by atoms with van der Waals surface area (Å²) in [4.78, 5) is 14.5. The van der Waals surface area contributed by atoms with E-state index in [0.717, 1.165) is 57.4 Å². The van der Waals surface area contributed by atoms with Crippen molar-refractivity contribution in [3.63, 3.8) is 0 Å². The van der Waals surface area contributed by atoms with Gasteiger partial charge in [0.2, 0.25) is 0 Å². The summed E-state index contributed by atoms with van der Waals surface area (Å²) >= 11 is 0. The number of hydrogen-bond acceptors (Lipinski definition) is 3. The van der Waals surface area contributed by atoms with Crippen LogP contribution in [-0.4, -0.2) is 36.0 Å². The lowest BCUT2D eigenvalue weighted by molar-refractivity contribution is 0.0781. The van der Waals surface area contributed by atoms with E-state index in [4.69, 9.17) is 10.5 Å². The Morgan fingerprint density at radius 2 is 1.76 bits per heavy atom. The number of para-hydroxylation sites is 1. The molecular formula is C17H24N2O2. The van der Waals surface area contributed by atoms with Gasteiger partial charge in [-0.15, -0.1) is 0 Å². The molecule has 2 aliphatic rings. The van der Waals surface area contributed by atoms with Crippen LogP contribution in [-0.2, 0) is 0 Å². The molecule has 114 valence electrons. The van der Waals surface area contributed by atoms with E-state index in [1.54, 1.807) is 0 Å². The second-order valence-corrected chi connectivity index (χ2v) is 6.15. The van der Waals surface area contributed by atoms with Gasteiger partial charge in [0.1, 0.15) is 5.75 Å². The van der Waals surface area contributed by atoms with Crippen molar-refractivity contribution in [3.8, 4) is 5.75 Å². The summed E-state index contributed by atoms with van der Waals surface area (Å²) in [5.41, 5.74) is 6.64. The Kier molecular flexibility index (Phi) is 4.44. The predicted molar refractivity (Wildman–Crippen MR) is 82.4 cm³/mol. The molecule has 2 N–H and O–H groups in total. The van der Waals surface area contributed by atoms with Crippen LogP contribution in [0.1, 0.15) is 48.9 Å². The molecule has 0 unspecified atom stereocenters. The van der Waals surface area contributed by atoms with Gasteiger partial charge in [-0.1, -0.05) is 12.1 Å². The molecule has 3 rings (SSSR count).